The summed E-state index contributed by atoms with van der Waals surface area (Å²) < 4.78 is 16.5. The van der Waals surface area contributed by atoms with Crippen LogP contribution in [0.2, 0.25) is 5.02 Å². The highest BCUT2D eigenvalue weighted by atomic mass is 35.5. The van der Waals surface area contributed by atoms with Gasteiger partial charge >= 0.3 is 0 Å². The maximum Gasteiger partial charge on any atom is 0.261 e. The predicted molar refractivity (Wildman–Crippen MR) is 108 cm³/mol. The van der Waals surface area contributed by atoms with Crippen LogP contribution in [0, 0.1) is 0 Å². The van der Waals surface area contributed by atoms with Crippen LogP contribution in [0.1, 0.15) is 24.1 Å². The topological polar surface area (TPSA) is 69.7 Å². The van der Waals surface area contributed by atoms with Gasteiger partial charge in [-0.2, -0.15) is 0 Å². The summed E-state index contributed by atoms with van der Waals surface area (Å²) in [7, 11) is 0. The van der Waals surface area contributed by atoms with Crippen LogP contribution in [0.4, 0.5) is 0 Å². The van der Waals surface area contributed by atoms with E-state index in [1.165, 1.54) is 0 Å². The first kappa shape index (κ1) is 19.1. The molecule has 7 heteroatoms. The van der Waals surface area contributed by atoms with Gasteiger partial charge in [-0.05, 0) is 48.4 Å². The van der Waals surface area contributed by atoms with E-state index in [1.54, 1.807) is 49.6 Å². The molecule has 3 aromatic rings. The molecule has 1 N–H and O–H groups in total. The van der Waals surface area contributed by atoms with Crippen LogP contribution < -0.4 is 19.5 Å². The van der Waals surface area contributed by atoms with Crippen molar-refractivity contribution in [2.24, 2.45) is 0 Å². The van der Waals surface area contributed by atoms with E-state index in [0.29, 0.717) is 22.3 Å². The summed E-state index contributed by atoms with van der Waals surface area (Å²) in [6.45, 7) is 1.88. The third-order valence-corrected chi connectivity index (χ3v) is 4.79. The molecule has 1 amide bonds. The van der Waals surface area contributed by atoms with Crippen LogP contribution in [-0.2, 0) is 4.79 Å². The summed E-state index contributed by atoms with van der Waals surface area (Å²) in [5.41, 5.74) is 1.75. The van der Waals surface area contributed by atoms with E-state index >= 15 is 0 Å². The zero-order valence-corrected chi connectivity index (χ0v) is 16.4. The number of hydrogen-bond acceptors (Lipinski definition) is 5. The number of carbonyl (C=O) groups excluding carboxylic acids is 1. The van der Waals surface area contributed by atoms with E-state index in [0.717, 1.165) is 11.1 Å². The van der Waals surface area contributed by atoms with Gasteiger partial charge in [-0.15, -0.1) is 0 Å². The fourth-order valence-electron chi connectivity index (χ4n) is 3.03. The fourth-order valence-corrected chi connectivity index (χ4v) is 3.15. The maximum absolute atomic E-state index is 12.9. The zero-order valence-electron chi connectivity index (χ0n) is 15.7. The van der Waals surface area contributed by atoms with Crippen molar-refractivity contribution in [3.05, 3.63) is 83.1 Å². The Kier molecular flexibility index (Phi) is 5.53. The first-order chi connectivity index (χ1) is 14.1. The predicted octanol–water partition coefficient (Wildman–Crippen LogP) is 4.14. The third kappa shape index (κ3) is 4.43. The SMILES string of the molecule is C[C@H](Oc1ccc2c(c1)OCO2)C(=O)N[C@H](c1ccc(Cl)cc1)c1cccnc1. The molecule has 0 saturated heterocycles. The second-order valence-corrected chi connectivity index (χ2v) is 6.99. The second-order valence-electron chi connectivity index (χ2n) is 6.55. The van der Waals surface area contributed by atoms with Crippen LogP contribution in [0.3, 0.4) is 0 Å². The maximum atomic E-state index is 12.9. The van der Waals surface area contributed by atoms with Crippen LogP contribution in [0.5, 0.6) is 17.2 Å². The Bertz CT molecular complexity index is 995. The Balaban J connectivity index is 1.50. The molecule has 1 aliphatic rings. The van der Waals surface area contributed by atoms with Crippen LogP contribution >= 0.6 is 11.6 Å². The van der Waals surface area contributed by atoms with Crippen LogP contribution in [0.25, 0.3) is 0 Å². The zero-order chi connectivity index (χ0) is 20.2. The van der Waals surface area contributed by atoms with Gasteiger partial charge in [-0.3, -0.25) is 9.78 Å². The summed E-state index contributed by atoms with van der Waals surface area (Å²) in [6, 6.07) is 15.9. The number of pyridine rings is 1. The van der Waals surface area contributed by atoms with Crippen molar-refractivity contribution < 1.29 is 19.0 Å². The summed E-state index contributed by atoms with van der Waals surface area (Å²) in [5.74, 6) is 1.53. The average molecular weight is 411 g/mol. The molecule has 2 aromatic carbocycles. The smallest absolute Gasteiger partial charge is 0.261 e. The van der Waals surface area contributed by atoms with Crippen molar-refractivity contribution in [1.82, 2.24) is 10.3 Å². The number of benzene rings is 2. The van der Waals surface area contributed by atoms with E-state index in [1.807, 2.05) is 24.3 Å². The molecule has 2 heterocycles. The average Bonchev–Trinajstić information content (AvgIpc) is 3.21. The molecule has 2 atom stereocenters. The molecule has 0 radical (unpaired) electrons. The minimum atomic E-state index is -0.721. The van der Waals surface area contributed by atoms with E-state index in [9.17, 15) is 4.79 Å². The summed E-state index contributed by atoms with van der Waals surface area (Å²) in [5, 5.41) is 3.67. The molecule has 0 spiro atoms. The molecule has 1 aromatic heterocycles. The van der Waals surface area contributed by atoms with Crippen LogP contribution in [0.15, 0.2) is 67.0 Å². The first-order valence-corrected chi connectivity index (χ1v) is 9.50. The van der Waals surface area contributed by atoms with Crippen molar-refractivity contribution in [3.63, 3.8) is 0 Å². The molecule has 0 bridgehead atoms. The summed E-state index contributed by atoms with van der Waals surface area (Å²) in [4.78, 5) is 17.0. The minimum Gasteiger partial charge on any atom is -0.481 e. The molecule has 0 aliphatic carbocycles. The number of nitrogens with zero attached hydrogens (tertiary/aromatic N) is 1. The van der Waals surface area contributed by atoms with Gasteiger partial charge in [0, 0.05) is 23.5 Å². The molecular formula is C22H19ClN2O4. The van der Waals surface area contributed by atoms with Gasteiger partial charge in [0.1, 0.15) is 5.75 Å². The number of halogens is 1. The molecule has 4 rings (SSSR count). The Morgan fingerprint density at radius 2 is 1.90 bits per heavy atom. The van der Waals surface area contributed by atoms with E-state index in [-0.39, 0.29) is 18.7 Å². The van der Waals surface area contributed by atoms with Crippen LogP contribution in [-0.4, -0.2) is 23.8 Å². The van der Waals surface area contributed by atoms with Crippen molar-refractivity contribution in [1.29, 1.82) is 0 Å². The van der Waals surface area contributed by atoms with E-state index < -0.39 is 6.10 Å². The Hall–Kier alpha value is -3.25. The molecule has 29 heavy (non-hydrogen) atoms. The molecule has 6 nitrogen and oxygen atoms in total. The molecule has 0 fully saturated rings. The highest BCUT2D eigenvalue weighted by Crippen LogP contribution is 2.35. The minimum absolute atomic E-state index is 0.183. The number of fused-ring (bicyclic) bond motifs is 1. The third-order valence-electron chi connectivity index (χ3n) is 4.53. The second kappa shape index (κ2) is 8.41. The number of rotatable bonds is 6. The lowest BCUT2D eigenvalue weighted by atomic mass is 10.00. The molecule has 0 saturated carbocycles. The summed E-state index contributed by atoms with van der Waals surface area (Å²) in [6.07, 6.45) is 2.69. The monoisotopic (exact) mass is 410 g/mol. The van der Waals surface area contributed by atoms with E-state index in [4.69, 9.17) is 25.8 Å². The van der Waals surface area contributed by atoms with Crippen molar-refractivity contribution in [2.45, 2.75) is 19.1 Å². The number of ether oxygens (including phenoxy) is 3. The molecule has 148 valence electrons. The molecular weight excluding hydrogens is 392 g/mol. The Morgan fingerprint density at radius 3 is 2.66 bits per heavy atom. The number of aromatic nitrogens is 1. The Morgan fingerprint density at radius 1 is 1.10 bits per heavy atom. The lowest BCUT2D eigenvalue weighted by Crippen LogP contribution is -2.39. The van der Waals surface area contributed by atoms with E-state index in [2.05, 4.69) is 10.3 Å². The van der Waals surface area contributed by atoms with Gasteiger partial charge < -0.3 is 19.5 Å². The van der Waals surface area contributed by atoms with Gasteiger partial charge in [-0.1, -0.05) is 29.8 Å². The highest BCUT2D eigenvalue weighted by Gasteiger charge is 2.23. The van der Waals surface area contributed by atoms with Gasteiger partial charge in [0.2, 0.25) is 6.79 Å². The lowest BCUT2D eigenvalue weighted by Gasteiger charge is -2.22. The number of nitrogens with one attached hydrogen (secondary N) is 1. The lowest BCUT2D eigenvalue weighted by molar-refractivity contribution is -0.127. The number of amides is 1. The van der Waals surface area contributed by atoms with Crippen molar-refractivity contribution >= 4 is 17.5 Å². The quantitative estimate of drug-likeness (QED) is 0.661. The van der Waals surface area contributed by atoms with Gasteiger partial charge in [0.15, 0.2) is 17.6 Å². The first-order valence-electron chi connectivity index (χ1n) is 9.12. The number of carbonyl (C=O) groups is 1. The van der Waals surface area contributed by atoms with Gasteiger partial charge in [0.25, 0.3) is 5.91 Å². The van der Waals surface area contributed by atoms with Gasteiger partial charge in [0.05, 0.1) is 6.04 Å². The standard InChI is InChI=1S/C22H19ClN2O4/c1-14(29-18-8-9-19-20(11-18)28-13-27-19)22(26)25-21(16-3-2-10-24-12-16)15-4-6-17(23)7-5-15/h2-12,14,21H,13H2,1H3,(H,25,26)/t14-,21+/m0/s1. The summed E-state index contributed by atoms with van der Waals surface area (Å²) >= 11 is 6.01. The largest absolute Gasteiger partial charge is 0.481 e. The van der Waals surface area contributed by atoms with Crippen molar-refractivity contribution in [3.8, 4) is 17.2 Å². The fraction of sp³-hybridized carbons (Fsp3) is 0.182. The number of hydrogen-bond donors (Lipinski definition) is 1. The molecule has 1 aliphatic heterocycles. The van der Waals surface area contributed by atoms with Gasteiger partial charge in [-0.25, -0.2) is 0 Å². The molecule has 0 unspecified atom stereocenters. The normalized spacial score (nSPS) is 14.1. The highest BCUT2D eigenvalue weighted by molar-refractivity contribution is 6.30. The Labute approximate surface area is 173 Å². The van der Waals surface area contributed by atoms with Crippen molar-refractivity contribution in [2.75, 3.05) is 6.79 Å².